The summed E-state index contributed by atoms with van der Waals surface area (Å²) in [6, 6.07) is 10.3. The minimum absolute atomic E-state index is 0.288. The van der Waals surface area contributed by atoms with E-state index in [1.54, 1.807) is 30.3 Å². The van der Waals surface area contributed by atoms with Crippen molar-refractivity contribution in [2.24, 2.45) is 0 Å². The van der Waals surface area contributed by atoms with Crippen LogP contribution in [0, 0.1) is 12.7 Å². The monoisotopic (exact) mass is 274 g/mol. The van der Waals surface area contributed by atoms with E-state index in [0.29, 0.717) is 23.7 Å². The highest BCUT2D eigenvalue weighted by Crippen LogP contribution is 2.28. The first-order chi connectivity index (χ1) is 9.60. The molecule has 2 rings (SSSR count). The topological polar surface area (TPSA) is 47.3 Å². The Balaban J connectivity index is 2.22. The number of benzene rings is 2. The summed E-state index contributed by atoms with van der Waals surface area (Å²) in [7, 11) is 0. The lowest BCUT2D eigenvalue weighted by Crippen LogP contribution is -2.01. The molecule has 106 valence electrons. The molecule has 0 heterocycles. The second kappa shape index (κ2) is 6.28. The van der Waals surface area contributed by atoms with Crippen LogP contribution in [0.5, 0.6) is 5.75 Å². The fraction of sp³-hybridized carbons (Fsp3) is 0.250. The summed E-state index contributed by atoms with van der Waals surface area (Å²) in [6.45, 7) is 4.55. The van der Waals surface area contributed by atoms with E-state index in [2.05, 4.69) is 5.32 Å². The highest BCUT2D eigenvalue weighted by molar-refractivity contribution is 5.67. The molecule has 4 heteroatoms. The van der Waals surface area contributed by atoms with Gasteiger partial charge in [-0.25, -0.2) is 4.39 Å². The van der Waals surface area contributed by atoms with Crippen molar-refractivity contribution in [3.05, 3.63) is 47.8 Å². The van der Waals surface area contributed by atoms with Gasteiger partial charge in [-0.3, -0.25) is 0 Å². The van der Waals surface area contributed by atoms with Gasteiger partial charge in [0.05, 0.1) is 18.0 Å². The van der Waals surface area contributed by atoms with Crippen molar-refractivity contribution in [2.45, 2.75) is 20.3 Å². The number of nitrogens with two attached hydrogens (primary N) is 1. The molecule has 0 aliphatic carbocycles. The standard InChI is InChI=1S/C16H19FN2O/c1-3-8-20-16-10-12(5-7-14(16)18)19-15-9-11(2)4-6-13(15)17/h4-7,9-10,19H,3,8,18H2,1-2H3. The highest BCUT2D eigenvalue weighted by atomic mass is 19.1. The van der Waals surface area contributed by atoms with Crippen LogP contribution in [0.25, 0.3) is 0 Å². The molecule has 0 saturated heterocycles. The molecule has 0 spiro atoms. The maximum absolute atomic E-state index is 13.7. The molecule has 2 aromatic rings. The van der Waals surface area contributed by atoms with Crippen LogP contribution in [-0.4, -0.2) is 6.61 Å². The number of ether oxygens (including phenoxy) is 1. The minimum Gasteiger partial charge on any atom is -0.491 e. The molecule has 0 aliphatic rings. The predicted octanol–water partition coefficient (Wildman–Crippen LogP) is 4.25. The average molecular weight is 274 g/mol. The molecule has 0 bridgehead atoms. The van der Waals surface area contributed by atoms with Gasteiger partial charge in [0.15, 0.2) is 0 Å². The Morgan fingerprint density at radius 2 is 2.00 bits per heavy atom. The molecule has 0 amide bonds. The molecule has 0 aromatic heterocycles. The fourth-order valence-electron chi connectivity index (χ4n) is 1.84. The molecule has 0 unspecified atom stereocenters. The molecular formula is C16H19FN2O. The third-order valence-corrected chi connectivity index (χ3v) is 2.88. The molecule has 0 radical (unpaired) electrons. The van der Waals surface area contributed by atoms with Crippen LogP contribution in [0.1, 0.15) is 18.9 Å². The summed E-state index contributed by atoms with van der Waals surface area (Å²) in [6.07, 6.45) is 0.906. The molecule has 0 atom stereocenters. The number of hydrogen-bond acceptors (Lipinski definition) is 3. The van der Waals surface area contributed by atoms with E-state index in [0.717, 1.165) is 17.7 Å². The van der Waals surface area contributed by atoms with Crippen LogP contribution in [-0.2, 0) is 0 Å². The molecule has 20 heavy (non-hydrogen) atoms. The molecule has 3 N–H and O–H groups in total. The van der Waals surface area contributed by atoms with Crippen LogP contribution in [0.4, 0.5) is 21.5 Å². The first kappa shape index (κ1) is 14.2. The smallest absolute Gasteiger partial charge is 0.146 e. The van der Waals surface area contributed by atoms with Crippen molar-refractivity contribution in [1.29, 1.82) is 0 Å². The first-order valence-electron chi connectivity index (χ1n) is 6.65. The largest absolute Gasteiger partial charge is 0.491 e. The Morgan fingerprint density at radius 3 is 2.75 bits per heavy atom. The van der Waals surface area contributed by atoms with Gasteiger partial charge in [0.2, 0.25) is 0 Å². The van der Waals surface area contributed by atoms with Crippen molar-refractivity contribution in [2.75, 3.05) is 17.7 Å². The Kier molecular flexibility index (Phi) is 4.45. The SMILES string of the molecule is CCCOc1cc(Nc2cc(C)ccc2F)ccc1N. The Bertz CT molecular complexity index is 599. The van der Waals surface area contributed by atoms with E-state index in [4.69, 9.17) is 10.5 Å². The molecule has 0 fully saturated rings. The van der Waals surface area contributed by atoms with E-state index in [1.165, 1.54) is 6.07 Å². The van der Waals surface area contributed by atoms with Gasteiger partial charge < -0.3 is 15.8 Å². The number of nitrogen functional groups attached to an aromatic ring is 1. The number of halogens is 1. The van der Waals surface area contributed by atoms with Gasteiger partial charge in [0.1, 0.15) is 11.6 Å². The molecular weight excluding hydrogens is 255 g/mol. The van der Waals surface area contributed by atoms with Gasteiger partial charge in [0.25, 0.3) is 0 Å². The van der Waals surface area contributed by atoms with Crippen molar-refractivity contribution in [3.8, 4) is 5.75 Å². The average Bonchev–Trinajstić information content (AvgIpc) is 2.43. The van der Waals surface area contributed by atoms with Gasteiger partial charge in [0, 0.05) is 11.8 Å². The third-order valence-electron chi connectivity index (χ3n) is 2.88. The van der Waals surface area contributed by atoms with Crippen LogP contribution in [0.3, 0.4) is 0 Å². The summed E-state index contributed by atoms with van der Waals surface area (Å²) in [5.74, 6) is 0.327. The summed E-state index contributed by atoms with van der Waals surface area (Å²) < 4.78 is 19.3. The molecule has 3 nitrogen and oxygen atoms in total. The van der Waals surface area contributed by atoms with E-state index in [1.807, 2.05) is 13.8 Å². The van der Waals surface area contributed by atoms with Gasteiger partial charge >= 0.3 is 0 Å². The maximum Gasteiger partial charge on any atom is 0.146 e. The summed E-state index contributed by atoms with van der Waals surface area (Å²) >= 11 is 0. The van der Waals surface area contributed by atoms with E-state index in [-0.39, 0.29) is 5.82 Å². The van der Waals surface area contributed by atoms with Gasteiger partial charge in [-0.15, -0.1) is 0 Å². The number of aryl methyl sites for hydroxylation is 1. The highest BCUT2D eigenvalue weighted by Gasteiger charge is 2.06. The maximum atomic E-state index is 13.7. The lowest BCUT2D eigenvalue weighted by atomic mass is 10.2. The Morgan fingerprint density at radius 1 is 1.20 bits per heavy atom. The summed E-state index contributed by atoms with van der Waals surface area (Å²) in [5.41, 5.74) is 8.61. The van der Waals surface area contributed by atoms with E-state index in [9.17, 15) is 4.39 Å². The van der Waals surface area contributed by atoms with E-state index < -0.39 is 0 Å². The van der Waals surface area contributed by atoms with Crippen molar-refractivity contribution in [3.63, 3.8) is 0 Å². The van der Waals surface area contributed by atoms with Gasteiger partial charge in [-0.1, -0.05) is 13.0 Å². The van der Waals surface area contributed by atoms with Crippen LogP contribution < -0.4 is 15.8 Å². The lowest BCUT2D eigenvalue weighted by Gasteiger charge is -2.12. The molecule has 2 aromatic carbocycles. The second-order valence-corrected chi connectivity index (χ2v) is 4.71. The Hall–Kier alpha value is -2.23. The minimum atomic E-state index is -0.288. The van der Waals surface area contributed by atoms with Crippen LogP contribution in [0.15, 0.2) is 36.4 Å². The third kappa shape index (κ3) is 3.41. The second-order valence-electron chi connectivity index (χ2n) is 4.71. The number of anilines is 3. The molecule has 0 saturated carbocycles. The zero-order chi connectivity index (χ0) is 14.5. The Labute approximate surface area is 118 Å². The molecule has 0 aliphatic heterocycles. The zero-order valence-corrected chi connectivity index (χ0v) is 11.7. The summed E-state index contributed by atoms with van der Waals surface area (Å²) in [4.78, 5) is 0. The quantitative estimate of drug-likeness (QED) is 0.801. The lowest BCUT2D eigenvalue weighted by molar-refractivity contribution is 0.319. The van der Waals surface area contributed by atoms with Crippen LogP contribution in [0.2, 0.25) is 0 Å². The van der Waals surface area contributed by atoms with E-state index >= 15 is 0 Å². The van der Waals surface area contributed by atoms with Gasteiger partial charge in [-0.2, -0.15) is 0 Å². The predicted molar refractivity (Wildman–Crippen MR) is 81.1 cm³/mol. The fourth-order valence-corrected chi connectivity index (χ4v) is 1.84. The number of nitrogens with one attached hydrogen (secondary N) is 1. The number of hydrogen-bond donors (Lipinski definition) is 2. The van der Waals surface area contributed by atoms with Crippen molar-refractivity contribution < 1.29 is 9.13 Å². The van der Waals surface area contributed by atoms with Crippen molar-refractivity contribution in [1.82, 2.24) is 0 Å². The summed E-state index contributed by atoms with van der Waals surface area (Å²) in [5, 5.41) is 3.05. The van der Waals surface area contributed by atoms with Crippen molar-refractivity contribution >= 4 is 17.1 Å². The first-order valence-corrected chi connectivity index (χ1v) is 6.65. The zero-order valence-electron chi connectivity index (χ0n) is 11.7. The van der Waals surface area contributed by atoms with Gasteiger partial charge in [-0.05, 0) is 43.2 Å². The normalized spacial score (nSPS) is 10.3. The van der Waals surface area contributed by atoms with Crippen LogP contribution >= 0.6 is 0 Å². The number of rotatable bonds is 5.